The van der Waals surface area contributed by atoms with Crippen molar-refractivity contribution in [2.24, 2.45) is 5.92 Å². The van der Waals surface area contributed by atoms with Crippen LogP contribution < -0.4 is 0 Å². The number of amides is 1. The predicted octanol–water partition coefficient (Wildman–Crippen LogP) is -0.469. The molecule has 0 radical (unpaired) electrons. The first kappa shape index (κ1) is 10.4. The van der Waals surface area contributed by atoms with Crippen LogP contribution in [-0.2, 0) is 14.3 Å². The van der Waals surface area contributed by atoms with Gasteiger partial charge in [-0.05, 0) is 19.8 Å². The van der Waals surface area contributed by atoms with Gasteiger partial charge in [0.15, 0.2) is 5.60 Å². The molecule has 2 fully saturated rings. The normalized spacial score (nSPS) is 39.4. The van der Waals surface area contributed by atoms with Crippen molar-refractivity contribution in [3.8, 4) is 0 Å². The summed E-state index contributed by atoms with van der Waals surface area (Å²) >= 11 is 0. The zero-order valence-corrected chi connectivity index (χ0v) is 8.90. The molecule has 2 aliphatic rings. The summed E-state index contributed by atoms with van der Waals surface area (Å²) in [5.74, 6) is -1.58. The molecule has 0 aromatic rings. The van der Waals surface area contributed by atoms with Gasteiger partial charge in [-0.3, -0.25) is 9.59 Å². The van der Waals surface area contributed by atoms with Gasteiger partial charge < -0.3 is 14.7 Å². The van der Waals surface area contributed by atoms with Crippen molar-refractivity contribution in [2.75, 3.05) is 13.7 Å². The number of nitrogens with zero attached hydrogens (tertiary/aromatic N) is 1. The largest absolute Gasteiger partial charge is 0.469 e. The summed E-state index contributed by atoms with van der Waals surface area (Å²) in [6, 6.07) is -0.181. The second-order valence-corrected chi connectivity index (χ2v) is 4.36. The topological polar surface area (TPSA) is 66.8 Å². The van der Waals surface area contributed by atoms with E-state index in [9.17, 15) is 14.7 Å². The lowest BCUT2D eigenvalue weighted by Gasteiger charge is -2.22. The number of methoxy groups -OCH3 is 1. The molecule has 0 aliphatic carbocycles. The highest BCUT2D eigenvalue weighted by Crippen LogP contribution is 2.40. The van der Waals surface area contributed by atoms with E-state index in [2.05, 4.69) is 4.74 Å². The van der Waals surface area contributed by atoms with Crippen molar-refractivity contribution < 1.29 is 19.4 Å². The Balaban J connectivity index is 2.35. The molecule has 2 saturated heterocycles. The molecule has 0 unspecified atom stereocenters. The standard InChI is InChI=1S/C10H15NO4/c1-10(14)7(8(12)15-2)6-4-3-5-11(6)9(10)13/h6-7,14H,3-5H2,1-2H3/t6-,7-,10+/m0/s1. The van der Waals surface area contributed by atoms with E-state index in [1.807, 2.05) is 0 Å². The quantitative estimate of drug-likeness (QED) is 0.598. The SMILES string of the molecule is COC(=O)[C@@H]1[C@@H]2CCCN2C(=O)[C@]1(C)O. The van der Waals surface area contributed by atoms with Crippen LogP contribution in [0.5, 0.6) is 0 Å². The molecule has 2 heterocycles. The molecule has 0 aromatic carbocycles. The minimum atomic E-state index is -1.60. The minimum absolute atomic E-state index is 0.181. The van der Waals surface area contributed by atoms with Crippen LogP contribution in [0.15, 0.2) is 0 Å². The van der Waals surface area contributed by atoms with Gasteiger partial charge in [-0.2, -0.15) is 0 Å². The lowest BCUT2D eigenvalue weighted by atomic mass is 9.86. The van der Waals surface area contributed by atoms with Crippen LogP contribution in [0.2, 0.25) is 0 Å². The summed E-state index contributed by atoms with van der Waals surface area (Å²) in [5, 5.41) is 10.0. The van der Waals surface area contributed by atoms with Crippen LogP contribution in [0.1, 0.15) is 19.8 Å². The molecular weight excluding hydrogens is 198 g/mol. The van der Waals surface area contributed by atoms with Crippen LogP contribution in [-0.4, -0.2) is 47.2 Å². The van der Waals surface area contributed by atoms with E-state index < -0.39 is 17.5 Å². The van der Waals surface area contributed by atoms with Gasteiger partial charge >= 0.3 is 5.97 Å². The van der Waals surface area contributed by atoms with Crippen LogP contribution >= 0.6 is 0 Å². The zero-order valence-electron chi connectivity index (χ0n) is 8.90. The van der Waals surface area contributed by atoms with Gasteiger partial charge in [0.2, 0.25) is 0 Å². The van der Waals surface area contributed by atoms with Gasteiger partial charge in [0, 0.05) is 12.6 Å². The molecule has 0 saturated carbocycles. The fourth-order valence-corrected chi connectivity index (χ4v) is 2.70. The number of carbonyl (C=O) groups is 2. The van der Waals surface area contributed by atoms with E-state index in [-0.39, 0.29) is 11.9 Å². The monoisotopic (exact) mass is 213 g/mol. The number of fused-ring (bicyclic) bond motifs is 1. The first-order valence-electron chi connectivity index (χ1n) is 5.11. The first-order chi connectivity index (χ1) is 7.00. The Kier molecular flexibility index (Phi) is 2.22. The Bertz CT molecular complexity index is 313. The van der Waals surface area contributed by atoms with E-state index in [0.29, 0.717) is 6.54 Å². The molecule has 5 nitrogen and oxygen atoms in total. The van der Waals surface area contributed by atoms with Crippen LogP contribution in [0.3, 0.4) is 0 Å². The number of rotatable bonds is 1. The average Bonchev–Trinajstić information content (AvgIpc) is 2.70. The van der Waals surface area contributed by atoms with Crippen LogP contribution in [0.25, 0.3) is 0 Å². The maximum absolute atomic E-state index is 11.8. The molecule has 0 aromatic heterocycles. The highest BCUT2D eigenvalue weighted by atomic mass is 16.5. The molecule has 0 bridgehead atoms. The number of esters is 1. The number of aliphatic hydroxyl groups is 1. The minimum Gasteiger partial charge on any atom is -0.469 e. The molecule has 84 valence electrons. The van der Waals surface area contributed by atoms with E-state index in [1.54, 1.807) is 4.90 Å². The maximum Gasteiger partial charge on any atom is 0.314 e. The Hall–Kier alpha value is -1.10. The Morgan fingerprint density at radius 3 is 2.93 bits per heavy atom. The van der Waals surface area contributed by atoms with Crippen molar-refractivity contribution in [2.45, 2.75) is 31.4 Å². The number of ether oxygens (including phenoxy) is 1. The summed E-state index contributed by atoms with van der Waals surface area (Å²) in [5.41, 5.74) is -1.60. The second kappa shape index (κ2) is 3.20. The molecule has 1 amide bonds. The average molecular weight is 213 g/mol. The highest BCUT2D eigenvalue weighted by molar-refractivity contribution is 5.95. The van der Waals surface area contributed by atoms with Gasteiger partial charge in [0.25, 0.3) is 5.91 Å². The fourth-order valence-electron chi connectivity index (χ4n) is 2.70. The van der Waals surface area contributed by atoms with Crippen molar-refractivity contribution >= 4 is 11.9 Å². The highest BCUT2D eigenvalue weighted by Gasteiger charge is 2.60. The van der Waals surface area contributed by atoms with Crippen molar-refractivity contribution in [3.05, 3.63) is 0 Å². The van der Waals surface area contributed by atoms with Crippen molar-refractivity contribution in [1.29, 1.82) is 0 Å². The maximum atomic E-state index is 11.8. The first-order valence-corrected chi connectivity index (χ1v) is 5.11. The summed E-state index contributed by atoms with van der Waals surface area (Å²) in [4.78, 5) is 25.0. The third kappa shape index (κ3) is 1.26. The molecule has 1 N–H and O–H groups in total. The molecule has 5 heteroatoms. The smallest absolute Gasteiger partial charge is 0.314 e. The number of hydrogen-bond donors (Lipinski definition) is 1. The molecule has 2 rings (SSSR count). The van der Waals surface area contributed by atoms with Gasteiger partial charge in [-0.25, -0.2) is 0 Å². The third-order valence-corrected chi connectivity index (χ3v) is 3.44. The van der Waals surface area contributed by atoms with E-state index in [0.717, 1.165) is 12.8 Å². The van der Waals surface area contributed by atoms with Gasteiger partial charge in [-0.15, -0.1) is 0 Å². The Morgan fingerprint density at radius 1 is 1.67 bits per heavy atom. The predicted molar refractivity (Wildman–Crippen MR) is 50.9 cm³/mol. The second-order valence-electron chi connectivity index (χ2n) is 4.36. The summed E-state index contributed by atoms with van der Waals surface area (Å²) in [6.07, 6.45) is 1.65. The lowest BCUT2D eigenvalue weighted by molar-refractivity contribution is -0.158. The van der Waals surface area contributed by atoms with E-state index in [4.69, 9.17) is 0 Å². The Labute approximate surface area is 88.0 Å². The van der Waals surface area contributed by atoms with Gasteiger partial charge in [-0.1, -0.05) is 0 Å². The molecule has 0 spiro atoms. The molecule has 2 aliphatic heterocycles. The van der Waals surface area contributed by atoms with Crippen LogP contribution in [0, 0.1) is 5.92 Å². The molecular formula is C10H15NO4. The summed E-state index contributed by atoms with van der Waals surface area (Å²) in [6.45, 7) is 2.03. The van der Waals surface area contributed by atoms with Crippen molar-refractivity contribution in [3.63, 3.8) is 0 Å². The number of hydrogen-bond acceptors (Lipinski definition) is 4. The van der Waals surface area contributed by atoms with E-state index in [1.165, 1.54) is 14.0 Å². The van der Waals surface area contributed by atoms with Gasteiger partial charge in [0.05, 0.1) is 7.11 Å². The molecule has 3 atom stereocenters. The van der Waals surface area contributed by atoms with E-state index >= 15 is 0 Å². The molecule has 15 heavy (non-hydrogen) atoms. The van der Waals surface area contributed by atoms with Crippen LogP contribution in [0.4, 0.5) is 0 Å². The third-order valence-electron chi connectivity index (χ3n) is 3.44. The summed E-state index contributed by atoms with van der Waals surface area (Å²) in [7, 11) is 1.28. The lowest BCUT2D eigenvalue weighted by Crippen LogP contribution is -2.44. The zero-order chi connectivity index (χ0) is 11.2. The Morgan fingerprint density at radius 2 is 2.33 bits per heavy atom. The number of carbonyl (C=O) groups excluding carboxylic acids is 2. The fraction of sp³-hybridized carbons (Fsp3) is 0.800. The van der Waals surface area contributed by atoms with Crippen molar-refractivity contribution in [1.82, 2.24) is 4.90 Å². The summed E-state index contributed by atoms with van der Waals surface area (Å²) < 4.78 is 4.65. The van der Waals surface area contributed by atoms with Gasteiger partial charge in [0.1, 0.15) is 5.92 Å².